The zero-order chi connectivity index (χ0) is 19.4. The molecule has 3 atom stereocenters. The maximum absolute atomic E-state index is 13.2. The van der Waals surface area contributed by atoms with Crippen LogP contribution in [0.15, 0.2) is 42.5 Å². The van der Waals surface area contributed by atoms with E-state index in [4.69, 9.17) is 16.3 Å². The van der Waals surface area contributed by atoms with Gasteiger partial charge in [-0.2, -0.15) is 0 Å². The second-order valence-corrected chi connectivity index (χ2v) is 6.85. The Morgan fingerprint density at radius 2 is 1.85 bits per heavy atom. The summed E-state index contributed by atoms with van der Waals surface area (Å²) in [5, 5.41) is 16.3. The van der Waals surface area contributed by atoms with Crippen molar-refractivity contribution in [2.45, 2.75) is 31.2 Å². The highest BCUT2D eigenvalue weighted by Gasteiger charge is 2.37. The van der Waals surface area contributed by atoms with Gasteiger partial charge < -0.3 is 20.5 Å². The van der Waals surface area contributed by atoms with Crippen molar-refractivity contribution >= 4 is 17.7 Å². The molecule has 0 saturated carbocycles. The van der Waals surface area contributed by atoms with Gasteiger partial charge in [-0.05, 0) is 41.8 Å². The topological polar surface area (TPSA) is 70.6 Å². The first-order valence-electron chi connectivity index (χ1n) is 8.46. The standard InChI is InChI=1S/C19H19ClF2N2O3/c20-13-3-1-11(2-4-13)7-16-18(17(25)10-23-16)27-19(26)24-9-12-5-14(21)8-15(22)6-12/h1-6,8,16-18,23,25H,7,9-10H2,(H,24,26)/t16-,17+,18+/m1/s1. The van der Waals surface area contributed by atoms with Gasteiger partial charge in [0.1, 0.15) is 23.8 Å². The number of hydrogen-bond donors (Lipinski definition) is 3. The van der Waals surface area contributed by atoms with Crippen LogP contribution >= 0.6 is 11.6 Å². The van der Waals surface area contributed by atoms with Gasteiger partial charge in [-0.3, -0.25) is 0 Å². The molecule has 0 unspecified atom stereocenters. The Morgan fingerprint density at radius 3 is 2.52 bits per heavy atom. The molecular weight excluding hydrogens is 378 g/mol. The van der Waals surface area contributed by atoms with Gasteiger partial charge in [0.2, 0.25) is 0 Å². The van der Waals surface area contributed by atoms with Crippen LogP contribution in [-0.2, 0) is 17.7 Å². The molecule has 2 aromatic carbocycles. The molecule has 0 aromatic heterocycles. The number of ether oxygens (including phenoxy) is 1. The summed E-state index contributed by atoms with van der Waals surface area (Å²) in [6, 6.07) is 10.0. The normalized spacial score (nSPS) is 21.9. The van der Waals surface area contributed by atoms with Crippen molar-refractivity contribution in [1.29, 1.82) is 0 Å². The van der Waals surface area contributed by atoms with Crippen molar-refractivity contribution in [1.82, 2.24) is 10.6 Å². The smallest absolute Gasteiger partial charge is 0.407 e. The second-order valence-electron chi connectivity index (χ2n) is 6.41. The van der Waals surface area contributed by atoms with Gasteiger partial charge in [-0.25, -0.2) is 13.6 Å². The molecule has 2 aromatic rings. The number of β-amino-alcohol motifs (C(OH)–C–C–N with tert-alkyl or cyclic N) is 1. The molecule has 0 spiro atoms. The van der Waals surface area contributed by atoms with E-state index in [0.29, 0.717) is 18.0 Å². The lowest BCUT2D eigenvalue weighted by atomic mass is 10.0. The summed E-state index contributed by atoms with van der Waals surface area (Å²) in [6.45, 7) is 0.205. The summed E-state index contributed by atoms with van der Waals surface area (Å²) in [4.78, 5) is 12.1. The molecule has 0 radical (unpaired) electrons. The number of benzene rings is 2. The average molecular weight is 397 g/mol. The first-order valence-corrected chi connectivity index (χ1v) is 8.84. The third-order valence-electron chi connectivity index (χ3n) is 4.34. The molecule has 144 valence electrons. The molecule has 5 nitrogen and oxygen atoms in total. The van der Waals surface area contributed by atoms with Crippen molar-refractivity contribution in [2.24, 2.45) is 0 Å². The van der Waals surface area contributed by atoms with Crippen molar-refractivity contribution < 1.29 is 23.4 Å². The first-order chi connectivity index (χ1) is 12.9. The van der Waals surface area contributed by atoms with Crippen LogP contribution in [0.3, 0.4) is 0 Å². The van der Waals surface area contributed by atoms with Crippen LogP contribution in [0.1, 0.15) is 11.1 Å². The van der Waals surface area contributed by atoms with Crippen LogP contribution in [0.5, 0.6) is 0 Å². The minimum absolute atomic E-state index is 0.0917. The van der Waals surface area contributed by atoms with Gasteiger partial charge in [0.25, 0.3) is 0 Å². The van der Waals surface area contributed by atoms with Crippen LogP contribution in [0.25, 0.3) is 0 Å². The number of aliphatic hydroxyl groups is 1. The number of aliphatic hydroxyl groups excluding tert-OH is 1. The zero-order valence-corrected chi connectivity index (χ0v) is 15.0. The van der Waals surface area contributed by atoms with E-state index in [1.165, 1.54) is 0 Å². The van der Waals surface area contributed by atoms with E-state index in [-0.39, 0.29) is 18.2 Å². The number of nitrogens with one attached hydrogen (secondary N) is 2. The number of alkyl carbamates (subject to hydrolysis) is 1. The summed E-state index contributed by atoms with van der Waals surface area (Å²) >= 11 is 5.87. The fraction of sp³-hybridized carbons (Fsp3) is 0.316. The Kier molecular flexibility index (Phi) is 6.26. The minimum Gasteiger partial charge on any atom is -0.442 e. The monoisotopic (exact) mass is 396 g/mol. The second kappa shape index (κ2) is 8.65. The summed E-state index contributed by atoms with van der Waals surface area (Å²) in [5.41, 5.74) is 1.25. The molecule has 1 saturated heterocycles. The van der Waals surface area contributed by atoms with Gasteiger partial charge >= 0.3 is 6.09 Å². The van der Waals surface area contributed by atoms with E-state index in [0.717, 1.165) is 23.8 Å². The van der Waals surface area contributed by atoms with E-state index in [9.17, 15) is 18.7 Å². The Hall–Kier alpha value is -2.22. The highest BCUT2D eigenvalue weighted by molar-refractivity contribution is 6.30. The number of rotatable bonds is 5. The molecule has 27 heavy (non-hydrogen) atoms. The van der Waals surface area contributed by atoms with Crippen molar-refractivity contribution in [3.63, 3.8) is 0 Å². The molecule has 1 aliphatic rings. The minimum atomic E-state index is -0.848. The van der Waals surface area contributed by atoms with E-state index < -0.39 is 29.9 Å². The Balaban J connectivity index is 1.56. The van der Waals surface area contributed by atoms with Gasteiger partial charge in [-0.1, -0.05) is 23.7 Å². The van der Waals surface area contributed by atoms with Gasteiger partial charge in [0.15, 0.2) is 0 Å². The van der Waals surface area contributed by atoms with Crippen molar-refractivity contribution in [3.8, 4) is 0 Å². The molecule has 1 aliphatic heterocycles. The number of halogens is 3. The van der Waals surface area contributed by atoms with Crippen LogP contribution in [0.4, 0.5) is 13.6 Å². The fourth-order valence-electron chi connectivity index (χ4n) is 3.05. The maximum atomic E-state index is 13.2. The Morgan fingerprint density at radius 1 is 1.19 bits per heavy atom. The summed E-state index contributed by atoms with van der Waals surface area (Å²) in [7, 11) is 0. The molecule has 0 bridgehead atoms. The molecule has 8 heteroatoms. The lowest BCUT2D eigenvalue weighted by molar-refractivity contribution is 0.0188. The van der Waals surface area contributed by atoms with E-state index in [2.05, 4.69) is 10.6 Å². The fourth-order valence-corrected chi connectivity index (χ4v) is 3.17. The molecule has 0 aliphatic carbocycles. The SMILES string of the molecule is O=C(NCc1cc(F)cc(F)c1)O[C@@H]1[C@@H](O)CN[C@@H]1Cc1ccc(Cl)cc1. The zero-order valence-electron chi connectivity index (χ0n) is 14.3. The van der Waals surface area contributed by atoms with E-state index >= 15 is 0 Å². The average Bonchev–Trinajstić information content (AvgIpc) is 2.94. The van der Waals surface area contributed by atoms with Gasteiger partial charge in [-0.15, -0.1) is 0 Å². The van der Waals surface area contributed by atoms with Crippen molar-refractivity contribution in [2.75, 3.05) is 6.54 Å². The number of hydrogen-bond acceptors (Lipinski definition) is 4. The molecule has 1 amide bonds. The molecule has 3 rings (SSSR count). The third-order valence-corrected chi connectivity index (χ3v) is 4.59. The van der Waals surface area contributed by atoms with Crippen LogP contribution in [0, 0.1) is 11.6 Å². The summed E-state index contributed by atoms with van der Waals surface area (Å²) in [6.07, 6.45) is -1.82. The van der Waals surface area contributed by atoms with Crippen molar-refractivity contribution in [3.05, 3.63) is 70.2 Å². The van der Waals surface area contributed by atoms with E-state index in [1.54, 1.807) is 12.1 Å². The number of amides is 1. The lowest BCUT2D eigenvalue weighted by Crippen LogP contribution is -2.41. The molecule has 1 fully saturated rings. The quantitative estimate of drug-likeness (QED) is 0.727. The predicted octanol–water partition coefficient (Wildman–Crippen LogP) is 2.79. The molecule has 1 heterocycles. The number of carbonyl (C=O) groups excluding carboxylic acids is 1. The lowest BCUT2D eigenvalue weighted by Gasteiger charge is -2.22. The summed E-state index contributed by atoms with van der Waals surface area (Å²) < 4.78 is 31.7. The van der Waals surface area contributed by atoms with Gasteiger partial charge in [0.05, 0.1) is 6.04 Å². The maximum Gasteiger partial charge on any atom is 0.407 e. The highest BCUT2D eigenvalue weighted by Crippen LogP contribution is 2.19. The van der Waals surface area contributed by atoms with Gasteiger partial charge in [0, 0.05) is 24.2 Å². The molecular formula is C19H19ClF2N2O3. The van der Waals surface area contributed by atoms with Crippen LogP contribution in [0.2, 0.25) is 5.02 Å². The third kappa shape index (κ3) is 5.38. The first kappa shape index (κ1) is 19.5. The molecule has 3 N–H and O–H groups in total. The largest absolute Gasteiger partial charge is 0.442 e. The van der Waals surface area contributed by atoms with E-state index in [1.807, 2.05) is 12.1 Å². The summed E-state index contributed by atoms with van der Waals surface area (Å²) in [5.74, 6) is -1.45. The Labute approximate surface area is 160 Å². The highest BCUT2D eigenvalue weighted by atomic mass is 35.5. The van der Waals surface area contributed by atoms with Crippen LogP contribution in [-0.4, -0.2) is 36.0 Å². The number of carbonyl (C=O) groups is 1. The Bertz CT molecular complexity index is 784. The predicted molar refractivity (Wildman–Crippen MR) is 96.4 cm³/mol. The van der Waals surface area contributed by atoms with Crippen LogP contribution < -0.4 is 10.6 Å².